The van der Waals surface area contributed by atoms with Gasteiger partial charge in [0, 0.05) is 6.21 Å². The fraction of sp³-hybridized carbons (Fsp3) is 0.250. The van der Waals surface area contributed by atoms with Crippen molar-refractivity contribution in [1.82, 2.24) is 0 Å². The van der Waals surface area contributed by atoms with Gasteiger partial charge in [-0.05, 0) is 0 Å². The molecule has 4 heteroatoms. The first kappa shape index (κ1) is 5.56. The molecule has 3 nitrogen and oxygen atoms in total. The third kappa shape index (κ3) is 0.980. The van der Waals surface area contributed by atoms with Crippen LogP contribution in [0.4, 0.5) is 0 Å². The summed E-state index contributed by atoms with van der Waals surface area (Å²) in [6, 6.07) is 0. The third-order valence-corrected chi connectivity index (χ3v) is 1.49. The van der Waals surface area contributed by atoms with E-state index in [0.717, 1.165) is 0 Å². The van der Waals surface area contributed by atoms with E-state index in [1.807, 2.05) is 0 Å². The molecule has 0 aromatic heterocycles. The monoisotopic (exact) mass is 128 g/mol. The molecule has 0 radical (unpaired) electrons. The van der Waals surface area contributed by atoms with Crippen LogP contribution in [-0.2, 0) is 4.79 Å². The van der Waals surface area contributed by atoms with Gasteiger partial charge in [-0.1, -0.05) is 11.8 Å². The van der Waals surface area contributed by atoms with Crippen LogP contribution in [0.2, 0.25) is 0 Å². The summed E-state index contributed by atoms with van der Waals surface area (Å²) in [6.07, 6.45) is 1.43. The van der Waals surface area contributed by atoms with E-state index in [9.17, 15) is 4.79 Å². The normalized spacial score (nSPS) is 26.1. The zero-order chi connectivity index (χ0) is 5.98. The van der Waals surface area contributed by atoms with Gasteiger partial charge in [0.2, 0.25) is 0 Å². The molecule has 1 atom stereocenters. The van der Waals surface area contributed by atoms with E-state index in [2.05, 4.69) is 4.99 Å². The van der Waals surface area contributed by atoms with Crippen molar-refractivity contribution in [2.45, 2.75) is 5.50 Å². The summed E-state index contributed by atoms with van der Waals surface area (Å²) < 4.78 is 0. The molecule has 1 unspecified atom stereocenters. The summed E-state index contributed by atoms with van der Waals surface area (Å²) in [4.78, 5) is 14.0. The molecule has 42 valence electrons. The highest BCUT2D eigenvalue weighted by molar-refractivity contribution is 8.05. The Morgan fingerprint density at radius 2 is 2.75 bits per heavy atom. The third-order valence-electron chi connectivity index (χ3n) is 0.687. The van der Waals surface area contributed by atoms with Gasteiger partial charge in [0.1, 0.15) is 16.3 Å². The Kier molecular flexibility index (Phi) is 1.48. The Morgan fingerprint density at radius 1 is 2.00 bits per heavy atom. The number of rotatable bonds is 0. The van der Waals surface area contributed by atoms with Crippen LogP contribution in [0.1, 0.15) is 0 Å². The maximum atomic E-state index is 9.82. The topological polar surface area (TPSA) is 55.4 Å². The largest absolute Gasteiger partial charge is 0.301 e. The highest BCUT2D eigenvalue weighted by Crippen LogP contribution is 2.20. The quantitative estimate of drug-likeness (QED) is 0.458. The van der Waals surface area contributed by atoms with Crippen LogP contribution in [0, 0.1) is 0 Å². The second-order valence-corrected chi connectivity index (χ2v) is 2.41. The minimum Gasteiger partial charge on any atom is -0.301 e. The van der Waals surface area contributed by atoms with E-state index >= 15 is 0 Å². The van der Waals surface area contributed by atoms with Gasteiger partial charge in [-0.2, -0.15) is 0 Å². The van der Waals surface area contributed by atoms with E-state index in [1.165, 1.54) is 18.0 Å². The molecule has 0 saturated carbocycles. The Labute approximate surface area is 50.7 Å². The van der Waals surface area contributed by atoms with Gasteiger partial charge in [-0.3, -0.25) is 4.99 Å². The highest BCUT2D eigenvalue weighted by Gasteiger charge is 2.09. The van der Waals surface area contributed by atoms with Crippen molar-refractivity contribution in [3.8, 4) is 0 Å². The number of hydrogen-bond donors (Lipinski definition) is 1. The lowest BCUT2D eigenvalue weighted by atomic mass is 10.7. The van der Waals surface area contributed by atoms with E-state index in [0.29, 0.717) is 4.91 Å². The van der Waals surface area contributed by atoms with Gasteiger partial charge in [0.15, 0.2) is 0 Å². The number of hydrogen-bond acceptors (Lipinski definition) is 4. The summed E-state index contributed by atoms with van der Waals surface area (Å²) in [5.41, 5.74) is 4.98. The first-order chi connectivity index (χ1) is 3.83. The van der Waals surface area contributed by atoms with Crippen molar-refractivity contribution in [3.05, 3.63) is 4.91 Å². The molecule has 1 aliphatic rings. The SMILES string of the molecule is NC1N=CC(=C=O)S1. The molecule has 1 heterocycles. The molecule has 0 aromatic rings. The van der Waals surface area contributed by atoms with Crippen LogP contribution in [-0.4, -0.2) is 17.7 Å². The molecule has 0 bridgehead atoms. The maximum Gasteiger partial charge on any atom is 0.149 e. The van der Waals surface area contributed by atoms with Gasteiger partial charge in [-0.15, -0.1) is 0 Å². The number of thioether (sulfide) groups is 1. The van der Waals surface area contributed by atoms with Crippen LogP contribution in [0.3, 0.4) is 0 Å². The summed E-state index contributed by atoms with van der Waals surface area (Å²) in [5, 5.41) is 0. The van der Waals surface area contributed by atoms with Gasteiger partial charge in [0.25, 0.3) is 0 Å². The van der Waals surface area contributed by atoms with Gasteiger partial charge < -0.3 is 5.73 Å². The first-order valence-corrected chi connectivity index (χ1v) is 2.91. The Balaban J connectivity index is 2.73. The molecule has 1 rings (SSSR count). The van der Waals surface area contributed by atoms with Gasteiger partial charge in [0.05, 0.1) is 0 Å². The molecule has 0 spiro atoms. The van der Waals surface area contributed by atoms with E-state index in [-0.39, 0.29) is 5.50 Å². The summed E-state index contributed by atoms with van der Waals surface area (Å²) >= 11 is 1.21. The fourth-order valence-electron chi connectivity index (χ4n) is 0.383. The minimum atomic E-state index is -0.286. The number of nitrogens with zero attached hydrogens (tertiary/aromatic N) is 1. The molecule has 0 aliphatic carbocycles. The standard InChI is InChI=1S/C4H4N2OS/c5-4-6-1-3(2-7)8-4/h1,4H,5H2. The van der Waals surface area contributed by atoms with Crippen molar-refractivity contribution < 1.29 is 4.79 Å². The van der Waals surface area contributed by atoms with Crippen LogP contribution in [0.15, 0.2) is 9.90 Å². The Morgan fingerprint density at radius 3 is 3.00 bits per heavy atom. The van der Waals surface area contributed by atoms with Crippen LogP contribution < -0.4 is 5.73 Å². The van der Waals surface area contributed by atoms with Crippen molar-refractivity contribution in [2.75, 3.05) is 0 Å². The number of aliphatic imine (C=N–C) groups is 1. The minimum absolute atomic E-state index is 0.286. The Bertz CT molecular complexity index is 171. The Hall–Kier alpha value is -0.570. The molecule has 8 heavy (non-hydrogen) atoms. The lowest BCUT2D eigenvalue weighted by molar-refractivity contribution is 0.569. The maximum absolute atomic E-state index is 9.82. The second kappa shape index (κ2) is 2.13. The lowest BCUT2D eigenvalue weighted by Gasteiger charge is -1.89. The van der Waals surface area contributed by atoms with Crippen molar-refractivity contribution in [2.24, 2.45) is 10.7 Å². The van der Waals surface area contributed by atoms with E-state index in [4.69, 9.17) is 5.73 Å². The first-order valence-electron chi connectivity index (χ1n) is 2.03. The van der Waals surface area contributed by atoms with Crippen LogP contribution in [0.25, 0.3) is 0 Å². The average molecular weight is 128 g/mol. The summed E-state index contributed by atoms with van der Waals surface area (Å²) in [5.74, 6) is 1.69. The van der Waals surface area contributed by atoms with E-state index in [1.54, 1.807) is 5.94 Å². The molecule has 0 aromatic carbocycles. The van der Waals surface area contributed by atoms with Gasteiger partial charge >= 0.3 is 0 Å². The number of allylic oxidation sites excluding steroid dienone is 1. The molecular weight excluding hydrogens is 124 g/mol. The van der Waals surface area contributed by atoms with Crippen molar-refractivity contribution in [1.29, 1.82) is 0 Å². The summed E-state index contributed by atoms with van der Waals surface area (Å²) in [6.45, 7) is 0. The molecule has 0 fully saturated rings. The molecule has 1 aliphatic heterocycles. The average Bonchev–Trinajstić information content (AvgIpc) is 2.14. The lowest BCUT2D eigenvalue weighted by Crippen LogP contribution is -2.07. The highest BCUT2D eigenvalue weighted by atomic mass is 32.2. The van der Waals surface area contributed by atoms with Crippen LogP contribution in [0.5, 0.6) is 0 Å². The van der Waals surface area contributed by atoms with Crippen molar-refractivity contribution >= 4 is 23.9 Å². The smallest absolute Gasteiger partial charge is 0.149 e. The zero-order valence-electron chi connectivity index (χ0n) is 4.00. The number of carbonyl (C=O) groups excluding carboxylic acids is 1. The van der Waals surface area contributed by atoms with Crippen LogP contribution >= 0.6 is 11.8 Å². The fourth-order valence-corrected chi connectivity index (χ4v) is 0.934. The van der Waals surface area contributed by atoms with E-state index < -0.39 is 0 Å². The summed E-state index contributed by atoms with van der Waals surface area (Å²) in [7, 11) is 0. The predicted molar refractivity (Wildman–Crippen MR) is 33.3 cm³/mol. The molecule has 0 saturated heterocycles. The van der Waals surface area contributed by atoms with Crippen molar-refractivity contribution in [3.63, 3.8) is 0 Å². The second-order valence-electron chi connectivity index (χ2n) is 1.25. The molecule has 2 N–H and O–H groups in total. The number of nitrogens with two attached hydrogens (primary N) is 1. The molecular formula is C4H4N2OS. The van der Waals surface area contributed by atoms with Gasteiger partial charge in [-0.25, -0.2) is 4.79 Å². The zero-order valence-corrected chi connectivity index (χ0v) is 4.81. The molecule has 0 amide bonds. The predicted octanol–water partition coefficient (Wildman–Crippen LogP) is -0.238.